The summed E-state index contributed by atoms with van der Waals surface area (Å²) >= 11 is 1.21. The number of para-hydroxylation sites is 1. The number of aromatic nitrogens is 1. The van der Waals surface area contributed by atoms with Crippen LogP contribution in [-0.2, 0) is 4.79 Å². The zero-order valence-electron chi connectivity index (χ0n) is 14.5. The Labute approximate surface area is 159 Å². The largest absolute Gasteiger partial charge is 0.319 e. The van der Waals surface area contributed by atoms with E-state index < -0.39 is 11.7 Å². The van der Waals surface area contributed by atoms with Crippen molar-refractivity contribution in [3.8, 4) is 0 Å². The lowest BCUT2D eigenvalue weighted by atomic mass is 9.85. The normalized spacial score (nSPS) is 15.8. The Bertz CT molecular complexity index is 1030. The first-order chi connectivity index (χ1) is 13.0. The Morgan fingerprint density at radius 2 is 2.11 bits per heavy atom. The summed E-state index contributed by atoms with van der Waals surface area (Å²) in [5.41, 5.74) is 2.76. The van der Waals surface area contributed by atoms with Gasteiger partial charge in [-0.15, -0.1) is 11.3 Å². The van der Waals surface area contributed by atoms with E-state index in [0.717, 1.165) is 16.7 Å². The maximum atomic E-state index is 13.9. The predicted octanol–water partition coefficient (Wildman–Crippen LogP) is 4.32. The van der Waals surface area contributed by atoms with Crippen molar-refractivity contribution < 1.29 is 14.0 Å². The molecule has 1 aliphatic rings. The molecule has 5 nitrogen and oxygen atoms in total. The maximum absolute atomic E-state index is 13.9. The van der Waals surface area contributed by atoms with Crippen LogP contribution in [0.1, 0.15) is 38.7 Å². The lowest BCUT2D eigenvalue weighted by molar-refractivity contribution is -0.116. The van der Waals surface area contributed by atoms with Crippen molar-refractivity contribution in [3.05, 3.63) is 76.2 Å². The van der Waals surface area contributed by atoms with Crippen molar-refractivity contribution in [2.45, 2.75) is 19.3 Å². The summed E-state index contributed by atoms with van der Waals surface area (Å²) in [5, 5.41) is 6.13. The second-order valence-electron chi connectivity index (χ2n) is 6.32. The number of halogens is 1. The van der Waals surface area contributed by atoms with E-state index in [2.05, 4.69) is 15.6 Å². The number of hydrogen-bond donors (Lipinski definition) is 2. The van der Waals surface area contributed by atoms with E-state index in [0.29, 0.717) is 16.3 Å². The Kier molecular flexibility index (Phi) is 4.45. The molecule has 2 N–H and O–H groups in total. The van der Waals surface area contributed by atoms with Gasteiger partial charge < -0.3 is 10.6 Å². The Hall–Kier alpha value is -3.06. The molecule has 0 spiro atoms. The number of nitrogens with one attached hydrogen (secondary N) is 2. The highest BCUT2D eigenvalue weighted by Crippen LogP contribution is 2.45. The quantitative estimate of drug-likeness (QED) is 0.710. The molecule has 136 valence electrons. The van der Waals surface area contributed by atoms with Gasteiger partial charge in [-0.2, -0.15) is 0 Å². The van der Waals surface area contributed by atoms with Gasteiger partial charge in [0.15, 0.2) is 0 Å². The van der Waals surface area contributed by atoms with E-state index in [1.54, 1.807) is 24.5 Å². The van der Waals surface area contributed by atoms with Gasteiger partial charge in [-0.3, -0.25) is 14.6 Å². The molecule has 0 bridgehead atoms. The molecule has 2 aromatic heterocycles. The van der Waals surface area contributed by atoms with Crippen LogP contribution in [0.25, 0.3) is 0 Å². The number of amides is 2. The molecule has 1 aliphatic heterocycles. The number of pyridine rings is 1. The van der Waals surface area contributed by atoms with Gasteiger partial charge in [-0.25, -0.2) is 4.39 Å². The third-order valence-electron chi connectivity index (χ3n) is 4.60. The molecule has 4 rings (SSSR count). The van der Waals surface area contributed by atoms with E-state index in [9.17, 15) is 14.0 Å². The molecule has 7 heteroatoms. The highest BCUT2D eigenvalue weighted by molar-refractivity contribution is 7.18. The van der Waals surface area contributed by atoms with Crippen LogP contribution < -0.4 is 10.6 Å². The Balaban J connectivity index is 1.72. The summed E-state index contributed by atoms with van der Waals surface area (Å²) in [6.07, 6.45) is 3.72. The minimum atomic E-state index is -0.494. The first kappa shape index (κ1) is 17.4. The number of anilines is 2. The molecule has 1 aromatic carbocycles. The maximum Gasteiger partial charge on any atom is 0.266 e. The summed E-state index contributed by atoms with van der Waals surface area (Å²) < 4.78 is 13.9. The van der Waals surface area contributed by atoms with Gasteiger partial charge in [0.1, 0.15) is 5.82 Å². The second kappa shape index (κ2) is 6.92. The third-order valence-corrected chi connectivity index (χ3v) is 5.82. The van der Waals surface area contributed by atoms with Crippen molar-refractivity contribution in [1.82, 2.24) is 4.98 Å². The Morgan fingerprint density at radius 1 is 1.30 bits per heavy atom. The molecule has 0 radical (unpaired) electrons. The van der Waals surface area contributed by atoms with Gasteiger partial charge in [-0.1, -0.05) is 18.2 Å². The zero-order chi connectivity index (χ0) is 19.0. The van der Waals surface area contributed by atoms with Gasteiger partial charge in [-0.05, 0) is 41.8 Å². The number of benzene rings is 1. The molecule has 3 heterocycles. The molecule has 1 atom stereocenters. The number of rotatable bonds is 3. The minimum absolute atomic E-state index is 0.0985. The van der Waals surface area contributed by atoms with Crippen LogP contribution in [0.3, 0.4) is 0 Å². The van der Waals surface area contributed by atoms with Crippen LogP contribution in [0.2, 0.25) is 0 Å². The predicted molar refractivity (Wildman–Crippen MR) is 103 cm³/mol. The summed E-state index contributed by atoms with van der Waals surface area (Å²) in [4.78, 5) is 29.5. The lowest BCUT2D eigenvalue weighted by Gasteiger charge is -2.23. The molecule has 3 aromatic rings. The molecular weight excluding hydrogens is 365 g/mol. The molecule has 0 fully saturated rings. The van der Waals surface area contributed by atoms with Crippen LogP contribution in [0, 0.1) is 12.7 Å². The standard InChI is InChI=1S/C20H16FN3O2S/c1-11-17-13(12-5-4-8-22-10-12)9-16(25)24-20(17)27-18(11)19(26)23-15-7-3-2-6-14(15)21/h2-8,10,13H,9H2,1H3,(H,23,26)(H,24,25)/t13-/m1/s1. The smallest absolute Gasteiger partial charge is 0.266 e. The topological polar surface area (TPSA) is 71.1 Å². The fourth-order valence-corrected chi connectivity index (χ4v) is 4.51. The summed E-state index contributed by atoms with van der Waals surface area (Å²) in [6, 6.07) is 9.78. The third kappa shape index (κ3) is 3.21. The van der Waals surface area contributed by atoms with Crippen molar-refractivity contribution in [2.24, 2.45) is 0 Å². The summed E-state index contributed by atoms with van der Waals surface area (Å²) in [6.45, 7) is 1.85. The van der Waals surface area contributed by atoms with E-state index in [1.807, 2.05) is 19.1 Å². The van der Waals surface area contributed by atoms with Gasteiger partial charge in [0.2, 0.25) is 5.91 Å². The molecule has 0 unspecified atom stereocenters. The Morgan fingerprint density at radius 3 is 2.85 bits per heavy atom. The van der Waals surface area contributed by atoms with E-state index in [1.165, 1.54) is 23.5 Å². The highest BCUT2D eigenvalue weighted by Gasteiger charge is 2.33. The lowest BCUT2D eigenvalue weighted by Crippen LogP contribution is -2.22. The molecule has 27 heavy (non-hydrogen) atoms. The van der Waals surface area contributed by atoms with Gasteiger partial charge in [0, 0.05) is 24.7 Å². The van der Waals surface area contributed by atoms with Gasteiger partial charge >= 0.3 is 0 Å². The van der Waals surface area contributed by atoms with Crippen LogP contribution in [0.5, 0.6) is 0 Å². The van der Waals surface area contributed by atoms with E-state index >= 15 is 0 Å². The molecule has 0 saturated carbocycles. The average Bonchev–Trinajstić information content (AvgIpc) is 3.00. The molecule has 2 amide bonds. The molecular formula is C20H16FN3O2S. The second-order valence-corrected chi connectivity index (χ2v) is 7.34. The first-order valence-electron chi connectivity index (χ1n) is 8.43. The molecule has 0 saturated heterocycles. The van der Waals surface area contributed by atoms with Crippen LogP contribution >= 0.6 is 11.3 Å². The number of hydrogen-bond acceptors (Lipinski definition) is 4. The van der Waals surface area contributed by atoms with Crippen LogP contribution in [0.15, 0.2) is 48.8 Å². The highest BCUT2D eigenvalue weighted by atomic mass is 32.1. The van der Waals surface area contributed by atoms with Crippen LogP contribution in [-0.4, -0.2) is 16.8 Å². The fourth-order valence-electron chi connectivity index (χ4n) is 3.33. The van der Waals surface area contributed by atoms with Crippen molar-refractivity contribution in [3.63, 3.8) is 0 Å². The minimum Gasteiger partial charge on any atom is -0.319 e. The van der Waals surface area contributed by atoms with Crippen LogP contribution in [0.4, 0.5) is 15.1 Å². The van der Waals surface area contributed by atoms with Gasteiger partial charge in [0.25, 0.3) is 5.91 Å². The molecule has 0 aliphatic carbocycles. The SMILES string of the molecule is Cc1c(C(=O)Nc2ccccc2F)sc2c1[C@@H](c1cccnc1)CC(=O)N2. The number of carbonyl (C=O) groups excluding carboxylic acids is 2. The van der Waals surface area contributed by atoms with Crippen molar-refractivity contribution in [1.29, 1.82) is 0 Å². The number of carbonyl (C=O) groups is 2. The summed E-state index contributed by atoms with van der Waals surface area (Å²) in [5.74, 6) is -1.14. The fraction of sp³-hybridized carbons (Fsp3) is 0.150. The average molecular weight is 381 g/mol. The van der Waals surface area contributed by atoms with Gasteiger partial charge in [0.05, 0.1) is 15.6 Å². The zero-order valence-corrected chi connectivity index (χ0v) is 15.3. The monoisotopic (exact) mass is 381 g/mol. The number of thiophene rings is 1. The van der Waals surface area contributed by atoms with Crippen molar-refractivity contribution >= 4 is 33.8 Å². The number of fused-ring (bicyclic) bond motifs is 1. The first-order valence-corrected chi connectivity index (χ1v) is 9.25. The van der Waals surface area contributed by atoms with Crippen molar-refractivity contribution in [2.75, 3.05) is 10.6 Å². The summed E-state index contributed by atoms with van der Waals surface area (Å²) in [7, 11) is 0. The van der Waals surface area contributed by atoms with E-state index in [4.69, 9.17) is 0 Å². The van der Waals surface area contributed by atoms with E-state index in [-0.39, 0.29) is 17.5 Å². The number of nitrogens with zero attached hydrogens (tertiary/aromatic N) is 1.